The molecule has 1 aliphatic carbocycles. The van der Waals surface area contributed by atoms with Crippen LogP contribution in [0.3, 0.4) is 0 Å². The van der Waals surface area contributed by atoms with Crippen molar-refractivity contribution in [2.24, 2.45) is 0 Å². The van der Waals surface area contributed by atoms with E-state index in [0.29, 0.717) is 6.04 Å². The van der Waals surface area contributed by atoms with Gasteiger partial charge in [0.25, 0.3) is 0 Å². The first kappa shape index (κ1) is 13.1. The Labute approximate surface area is 115 Å². The van der Waals surface area contributed by atoms with Gasteiger partial charge in [-0.15, -0.1) is 0 Å². The van der Waals surface area contributed by atoms with Gasteiger partial charge in [-0.25, -0.2) is 0 Å². The van der Waals surface area contributed by atoms with Gasteiger partial charge in [0.15, 0.2) is 0 Å². The summed E-state index contributed by atoms with van der Waals surface area (Å²) in [4.78, 5) is 2.32. The number of aromatic nitrogens is 2. The Bertz CT molecular complexity index is 398. The highest BCUT2D eigenvalue weighted by Crippen LogP contribution is 2.27. The van der Waals surface area contributed by atoms with Crippen molar-refractivity contribution in [3.05, 3.63) is 18.0 Å². The zero-order valence-corrected chi connectivity index (χ0v) is 11.7. The molecule has 1 atom stereocenters. The molecule has 1 N–H and O–H groups in total. The van der Waals surface area contributed by atoms with Crippen LogP contribution in [0.2, 0.25) is 0 Å². The summed E-state index contributed by atoms with van der Waals surface area (Å²) in [6, 6.07) is 2.77. The fraction of sp³-hybridized carbons (Fsp3) is 0.800. The van der Waals surface area contributed by atoms with E-state index in [-0.39, 0.29) is 6.10 Å². The molecule has 1 aromatic rings. The van der Waals surface area contributed by atoms with Gasteiger partial charge in [-0.3, -0.25) is 9.58 Å². The molecule has 0 radical (unpaired) electrons. The molecule has 2 aliphatic rings. The molecule has 4 nitrogen and oxygen atoms in total. The molecule has 3 rings (SSSR count). The second-order valence-corrected chi connectivity index (χ2v) is 6.11. The number of piperidine rings is 1. The van der Waals surface area contributed by atoms with Crippen LogP contribution in [0.5, 0.6) is 0 Å². The summed E-state index contributed by atoms with van der Waals surface area (Å²) in [5.41, 5.74) is 1.15. The highest BCUT2D eigenvalue weighted by molar-refractivity contribution is 5.00. The summed E-state index contributed by atoms with van der Waals surface area (Å²) < 4.78 is 2.18. The Hall–Kier alpha value is -0.870. The van der Waals surface area contributed by atoms with Gasteiger partial charge in [0.1, 0.15) is 0 Å². The predicted octanol–water partition coefficient (Wildman–Crippen LogP) is 2.35. The number of hydrogen-bond acceptors (Lipinski definition) is 3. The third kappa shape index (κ3) is 3.37. The Morgan fingerprint density at radius 1 is 1.16 bits per heavy atom. The third-order valence-electron chi connectivity index (χ3n) is 4.48. The molecule has 19 heavy (non-hydrogen) atoms. The fourth-order valence-electron chi connectivity index (χ4n) is 3.41. The lowest BCUT2D eigenvalue weighted by molar-refractivity contribution is 0.0660. The van der Waals surface area contributed by atoms with Crippen molar-refractivity contribution in [1.82, 2.24) is 14.7 Å². The first-order valence-electron chi connectivity index (χ1n) is 7.76. The summed E-state index contributed by atoms with van der Waals surface area (Å²) in [7, 11) is 0. The number of aliphatic hydroxyl groups is 1. The molecular formula is C15H25N3O. The van der Waals surface area contributed by atoms with Crippen molar-refractivity contribution in [2.45, 2.75) is 63.6 Å². The summed E-state index contributed by atoms with van der Waals surface area (Å²) in [6.07, 6.45) is 10.7. The minimum atomic E-state index is -0.144. The highest BCUT2D eigenvalue weighted by Gasteiger charge is 2.20. The first-order chi connectivity index (χ1) is 9.31. The van der Waals surface area contributed by atoms with Crippen molar-refractivity contribution in [1.29, 1.82) is 0 Å². The van der Waals surface area contributed by atoms with Gasteiger partial charge in [-0.2, -0.15) is 5.10 Å². The third-order valence-corrected chi connectivity index (χ3v) is 4.48. The van der Waals surface area contributed by atoms with Crippen LogP contribution >= 0.6 is 0 Å². The van der Waals surface area contributed by atoms with E-state index in [1.807, 2.05) is 0 Å². The maximum absolute atomic E-state index is 9.70. The van der Waals surface area contributed by atoms with Gasteiger partial charge in [0.05, 0.1) is 17.8 Å². The quantitative estimate of drug-likeness (QED) is 0.910. The van der Waals surface area contributed by atoms with E-state index in [1.165, 1.54) is 32.1 Å². The number of hydrogen-bond donors (Lipinski definition) is 1. The molecule has 1 saturated carbocycles. The summed E-state index contributed by atoms with van der Waals surface area (Å²) in [5.74, 6) is 0. The van der Waals surface area contributed by atoms with Crippen LogP contribution in [-0.2, 0) is 6.54 Å². The Morgan fingerprint density at radius 2 is 2.00 bits per heavy atom. The number of aliphatic hydroxyl groups excluding tert-OH is 1. The molecule has 1 aliphatic heterocycles. The zero-order chi connectivity index (χ0) is 13.1. The van der Waals surface area contributed by atoms with Crippen LogP contribution in [0.1, 0.15) is 56.7 Å². The van der Waals surface area contributed by atoms with Gasteiger partial charge in [-0.1, -0.05) is 19.3 Å². The standard InChI is InChI=1S/C15H25N3O/c19-15-7-4-9-17(12-15)11-13-8-10-18(16-13)14-5-2-1-3-6-14/h8,10,14-15,19H,1-7,9,11-12H2. The van der Waals surface area contributed by atoms with E-state index in [2.05, 4.69) is 21.8 Å². The first-order valence-corrected chi connectivity index (χ1v) is 7.76. The molecule has 0 amide bonds. The topological polar surface area (TPSA) is 41.3 Å². The molecule has 1 unspecified atom stereocenters. The van der Waals surface area contributed by atoms with Crippen LogP contribution < -0.4 is 0 Å². The van der Waals surface area contributed by atoms with Crippen molar-refractivity contribution >= 4 is 0 Å². The molecular weight excluding hydrogens is 238 g/mol. The molecule has 2 heterocycles. The van der Waals surface area contributed by atoms with E-state index >= 15 is 0 Å². The van der Waals surface area contributed by atoms with Crippen molar-refractivity contribution in [3.63, 3.8) is 0 Å². The molecule has 0 bridgehead atoms. The molecule has 1 saturated heterocycles. The number of rotatable bonds is 3. The van der Waals surface area contributed by atoms with E-state index in [9.17, 15) is 5.11 Å². The van der Waals surface area contributed by atoms with Crippen LogP contribution in [-0.4, -0.2) is 39.0 Å². The fourth-order valence-corrected chi connectivity index (χ4v) is 3.41. The second-order valence-electron chi connectivity index (χ2n) is 6.11. The monoisotopic (exact) mass is 263 g/mol. The largest absolute Gasteiger partial charge is 0.392 e. The average Bonchev–Trinajstić information content (AvgIpc) is 2.88. The summed E-state index contributed by atoms with van der Waals surface area (Å²) in [6.45, 7) is 2.78. The highest BCUT2D eigenvalue weighted by atomic mass is 16.3. The van der Waals surface area contributed by atoms with Crippen molar-refractivity contribution < 1.29 is 5.11 Å². The molecule has 1 aromatic heterocycles. The lowest BCUT2D eigenvalue weighted by Crippen LogP contribution is -2.37. The number of β-amino-alcohol motifs (C(OH)–C–C–N with tert-alkyl or cyclic N) is 1. The number of nitrogens with zero attached hydrogens (tertiary/aromatic N) is 3. The van der Waals surface area contributed by atoms with Crippen molar-refractivity contribution in [2.75, 3.05) is 13.1 Å². The molecule has 4 heteroatoms. The van der Waals surface area contributed by atoms with Gasteiger partial charge < -0.3 is 5.11 Å². The van der Waals surface area contributed by atoms with Gasteiger partial charge in [0, 0.05) is 19.3 Å². The Kier molecular flexibility index (Phi) is 4.18. The van der Waals surface area contributed by atoms with Crippen molar-refractivity contribution in [3.8, 4) is 0 Å². The normalized spacial score (nSPS) is 26.7. The van der Waals surface area contributed by atoms with E-state index in [1.54, 1.807) is 0 Å². The lowest BCUT2D eigenvalue weighted by Gasteiger charge is -2.29. The minimum Gasteiger partial charge on any atom is -0.392 e. The minimum absolute atomic E-state index is 0.144. The smallest absolute Gasteiger partial charge is 0.0764 e. The summed E-state index contributed by atoms with van der Waals surface area (Å²) in [5, 5.41) is 14.4. The van der Waals surface area contributed by atoms with E-state index in [4.69, 9.17) is 5.10 Å². The Balaban J connectivity index is 1.58. The van der Waals surface area contributed by atoms with E-state index in [0.717, 1.165) is 38.2 Å². The molecule has 106 valence electrons. The lowest BCUT2D eigenvalue weighted by atomic mass is 9.96. The van der Waals surface area contributed by atoms with Gasteiger partial charge in [-0.05, 0) is 38.3 Å². The average molecular weight is 263 g/mol. The predicted molar refractivity (Wildman–Crippen MR) is 74.9 cm³/mol. The summed E-state index contributed by atoms with van der Waals surface area (Å²) >= 11 is 0. The van der Waals surface area contributed by atoms with Crippen LogP contribution in [0.25, 0.3) is 0 Å². The van der Waals surface area contributed by atoms with Crippen LogP contribution in [0.15, 0.2) is 12.3 Å². The maximum atomic E-state index is 9.70. The number of likely N-dealkylation sites (tertiary alicyclic amines) is 1. The molecule has 0 spiro atoms. The van der Waals surface area contributed by atoms with Gasteiger partial charge >= 0.3 is 0 Å². The van der Waals surface area contributed by atoms with E-state index < -0.39 is 0 Å². The van der Waals surface area contributed by atoms with Crippen LogP contribution in [0, 0.1) is 0 Å². The van der Waals surface area contributed by atoms with Crippen LogP contribution in [0.4, 0.5) is 0 Å². The molecule has 2 fully saturated rings. The zero-order valence-electron chi connectivity index (χ0n) is 11.7. The maximum Gasteiger partial charge on any atom is 0.0764 e. The van der Waals surface area contributed by atoms with Gasteiger partial charge in [0.2, 0.25) is 0 Å². The second kappa shape index (κ2) is 6.06. The Morgan fingerprint density at radius 3 is 2.79 bits per heavy atom. The molecule has 0 aromatic carbocycles. The SMILES string of the molecule is OC1CCCN(Cc2ccn(C3CCCCC3)n2)C1.